The number of hydrogen-bond donors (Lipinski definition) is 3. The summed E-state index contributed by atoms with van der Waals surface area (Å²) < 4.78 is 76.6. The molecule has 1 saturated heterocycles. The van der Waals surface area contributed by atoms with E-state index in [4.69, 9.17) is 4.74 Å². The summed E-state index contributed by atoms with van der Waals surface area (Å²) in [7, 11) is 0. The summed E-state index contributed by atoms with van der Waals surface area (Å²) in [5.41, 5.74) is -1.07. The molecule has 2 aromatic carbocycles. The molecule has 0 unspecified atom stereocenters. The zero-order chi connectivity index (χ0) is 30.8. The maximum atomic E-state index is 14.2. The second kappa shape index (κ2) is 12.4. The number of aromatic nitrogens is 1. The molecule has 1 aromatic heterocycles. The van der Waals surface area contributed by atoms with Gasteiger partial charge >= 0.3 is 12.1 Å². The minimum atomic E-state index is -4.88. The normalized spacial score (nSPS) is 15.4. The van der Waals surface area contributed by atoms with Gasteiger partial charge in [0.2, 0.25) is 0 Å². The van der Waals surface area contributed by atoms with Crippen LogP contribution in [0.2, 0.25) is 0 Å². The van der Waals surface area contributed by atoms with E-state index in [9.17, 15) is 41.8 Å². The number of hydrogen-bond acceptors (Lipinski definition) is 5. The molecule has 1 atom stereocenters. The lowest BCUT2D eigenvalue weighted by atomic mass is 10.0. The van der Waals surface area contributed by atoms with Gasteiger partial charge in [-0.15, -0.1) is 0 Å². The summed E-state index contributed by atoms with van der Waals surface area (Å²) in [6.45, 7) is 3.99. The van der Waals surface area contributed by atoms with Crippen LogP contribution in [0.1, 0.15) is 53.4 Å². The Morgan fingerprint density at radius 1 is 1.14 bits per heavy atom. The van der Waals surface area contributed by atoms with Gasteiger partial charge in [-0.05, 0) is 48.2 Å². The van der Waals surface area contributed by atoms with Crippen LogP contribution in [0.5, 0.6) is 5.75 Å². The SMILES string of the molecule is CC(C)c1c(C(=O)Nc2cc(CC(=O)O)c(N3CC[C@@H](O)C3)cc2C(F)(F)F)ccn1CCOc1ccc(F)cc1F. The standard InChI is InChI=1S/C29H30F5N3O5/c1-16(2)27-20(6-8-36(27)9-10-42-25-4-3-18(30)13-22(25)31)28(41)35-23-11-17(12-26(39)40)24(14-21(23)29(32,33)34)37-7-5-19(38)15-37/h3-4,6,8,11,13-14,16,19,38H,5,7,9-10,12,15H2,1-2H3,(H,35,41)(H,39,40)/t19-/m1/s1. The van der Waals surface area contributed by atoms with Crippen molar-refractivity contribution in [2.45, 2.75) is 51.4 Å². The zero-order valence-electron chi connectivity index (χ0n) is 22.8. The van der Waals surface area contributed by atoms with Gasteiger partial charge in [-0.3, -0.25) is 9.59 Å². The highest BCUT2D eigenvalue weighted by Gasteiger charge is 2.37. The lowest BCUT2D eigenvalue weighted by Crippen LogP contribution is -2.25. The number of aliphatic hydroxyl groups is 1. The second-order valence-corrected chi connectivity index (χ2v) is 10.3. The van der Waals surface area contributed by atoms with Crippen molar-refractivity contribution in [1.29, 1.82) is 0 Å². The van der Waals surface area contributed by atoms with Gasteiger partial charge in [0.05, 0.1) is 35.9 Å². The van der Waals surface area contributed by atoms with Crippen LogP contribution in [0.15, 0.2) is 42.6 Å². The molecule has 1 aliphatic rings. The number of benzene rings is 2. The number of carbonyl (C=O) groups is 2. The van der Waals surface area contributed by atoms with Crippen LogP contribution in [0.25, 0.3) is 0 Å². The van der Waals surface area contributed by atoms with E-state index in [0.29, 0.717) is 18.2 Å². The number of carboxylic acid groups (broad SMARTS) is 1. The van der Waals surface area contributed by atoms with Gasteiger partial charge in [-0.25, -0.2) is 8.78 Å². The number of rotatable bonds is 10. The predicted octanol–water partition coefficient (Wildman–Crippen LogP) is 5.44. The number of aliphatic carboxylic acids is 1. The molecule has 2 heterocycles. The highest BCUT2D eigenvalue weighted by atomic mass is 19.4. The zero-order valence-corrected chi connectivity index (χ0v) is 22.8. The lowest BCUT2D eigenvalue weighted by molar-refractivity contribution is -0.137. The molecule has 1 amide bonds. The number of halogens is 5. The second-order valence-electron chi connectivity index (χ2n) is 10.3. The smallest absolute Gasteiger partial charge is 0.418 e. The number of nitrogens with zero attached hydrogens (tertiary/aromatic N) is 2. The number of anilines is 2. The molecule has 0 radical (unpaired) electrons. The molecular weight excluding hydrogens is 565 g/mol. The van der Waals surface area contributed by atoms with Gasteiger partial charge in [-0.1, -0.05) is 13.8 Å². The molecule has 42 heavy (non-hydrogen) atoms. The molecule has 226 valence electrons. The molecule has 4 rings (SSSR count). The van der Waals surface area contributed by atoms with E-state index in [1.807, 2.05) is 0 Å². The van der Waals surface area contributed by atoms with Crippen molar-refractivity contribution in [2.75, 3.05) is 29.9 Å². The molecule has 0 spiro atoms. The quantitative estimate of drug-likeness (QED) is 0.270. The number of nitrogens with one attached hydrogen (secondary N) is 1. The third-order valence-corrected chi connectivity index (χ3v) is 6.90. The average molecular weight is 596 g/mol. The van der Waals surface area contributed by atoms with Crippen molar-refractivity contribution in [3.63, 3.8) is 0 Å². The molecule has 3 N–H and O–H groups in total. The minimum absolute atomic E-state index is 0.0332. The van der Waals surface area contributed by atoms with E-state index >= 15 is 0 Å². The largest absolute Gasteiger partial charge is 0.489 e. The van der Waals surface area contributed by atoms with Crippen LogP contribution in [0.4, 0.5) is 33.3 Å². The minimum Gasteiger partial charge on any atom is -0.489 e. The molecule has 3 aromatic rings. The van der Waals surface area contributed by atoms with Crippen molar-refractivity contribution in [3.8, 4) is 5.75 Å². The van der Waals surface area contributed by atoms with Crippen molar-refractivity contribution in [2.24, 2.45) is 0 Å². The molecule has 0 saturated carbocycles. The Hall–Kier alpha value is -4.13. The topological polar surface area (TPSA) is 104 Å². The molecule has 1 fully saturated rings. The van der Waals surface area contributed by atoms with Gasteiger partial charge < -0.3 is 29.7 Å². The number of ether oxygens (including phenoxy) is 1. The van der Waals surface area contributed by atoms with Crippen LogP contribution in [0, 0.1) is 11.6 Å². The van der Waals surface area contributed by atoms with E-state index in [1.54, 1.807) is 24.6 Å². The Morgan fingerprint density at radius 3 is 2.48 bits per heavy atom. The first-order chi connectivity index (χ1) is 19.7. The van der Waals surface area contributed by atoms with Gasteiger partial charge in [0.25, 0.3) is 5.91 Å². The summed E-state index contributed by atoms with van der Waals surface area (Å²) in [6, 6.07) is 6.16. The van der Waals surface area contributed by atoms with Crippen LogP contribution in [0.3, 0.4) is 0 Å². The van der Waals surface area contributed by atoms with Gasteiger partial charge in [0.15, 0.2) is 11.6 Å². The maximum absolute atomic E-state index is 14.2. The van der Waals surface area contributed by atoms with Crippen LogP contribution in [-0.2, 0) is 23.9 Å². The number of aliphatic hydroxyl groups excluding tert-OH is 1. The van der Waals surface area contributed by atoms with E-state index < -0.39 is 53.5 Å². The third-order valence-electron chi connectivity index (χ3n) is 6.90. The highest BCUT2D eigenvalue weighted by molar-refractivity contribution is 6.06. The Labute approximate surface area is 238 Å². The number of carboxylic acids is 1. The Bertz CT molecular complexity index is 1470. The summed E-state index contributed by atoms with van der Waals surface area (Å²) in [6.07, 6.45) is -4.35. The summed E-state index contributed by atoms with van der Waals surface area (Å²) in [5.74, 6) is -4.14. The fraction of sp³-hybridized carbons (Fsp3) is 0.379. The predicted molar refractivity (Wildman–Crippen MR) is 144 cm³/mol. The fourth-order valence-corrected chi connectivity index (χ4v) is 5.08. The lowest BCUT2D eigenvalue weighted by Gasteiger charge is -2.25. The number of amides is 1. The molecule has 1 aliphatic heterocycles. The Kier molecular flexibility index (Phi) is 9.09. The van der Waals surface area contributed by atoms with Gasteiger partial charge in [-0.2, -0.15) is 13.2 Å². The number of β-amino-alcohol motifs (C(OH)–C–C–N with tert-alkyl or cyclic N) is 1. The summed E-state index contributed by atoms with van der Waals surface area (Å²) in [4.78, 5) is 26.4. The molecule has 8 nitrogen and oxygen atoms in total. The molecule has 13 heteroatoms. The van der Waals surface area contributed by atoms with Crippen molar-refractivity contribution < 1.29 is 46.5 Å². The van der Waals surface area contributed by atoms with Crippen LogP contribution in [-0.4, -0.2) is 52.5 Å². The first kappa shape index (κ1) is 30.8. The first-order valence-electron chi connectivity index (χ1n) is 13.2. The van der Waals surface area contributed by atoms with Crippen molar-refractivity contribution in [3.05, 3.63) is 76.6 Å². The maximum Gasteiger partial charge on any atom is 0.418 e. The number of alkyl halides is 3. The first-order valence-corrected chi connectivity index (χ1v) is 13.2. The monoisotopic (exact) mass is 595 g/mol. The Morgan fingerprint density at radius 2 is 1.88 bits per heavy atom. The summed E-state index contributed by atoms with van der Waals surface area (Å²) >= 11 is 0. The molecular formula is C29H30F5N3O5. The fourth-order valence-electron chi connectivity index (χ4n) is 5.08. The third kappa shape index (κ3) is 7.01. The summed E-state index contributed by atoms with van der Waals surface area (Å²) in [5, 5.41) is 21.6. The highest BCUT2D eigenvalue weighted by Crippen LogP contribution is 2.40. The van der Waals surface area contributed by atoms with E-state index in [1.165, 1.54) is 11.0 Å². The van der Waals surface area contributed by atoms with Crippen molar-refractivity contribution in [1.82, 2.24) is 4.57 Å². The van der Waals surface area contributed by atoms with E-state index in [-0.39, 0.29) is 54.7 Å². The molecule has 0 bridgehead atoms. The van der Waals surface area contributed by atoms with E-state index in [0.717, 1.165) is 24.3 Å². The van der Waals surface area contributed by atoms with Crippen LogP contribution < -0.4 is 15.0 Å². The molecule has 0 aliphatic carbocycles. The average Bonchev–Trinajstić information content (AvgIpc) is 3.51. The van der Waals surface area contributed by atoms with Crippen LogP contribution >= 0.6 is 0 Å². The van der Waals surface area contributed by atoms with Gasteiger partial charge in [0, 0.05) is 36.7 Å². The van der Waals surface area contributed by atoms with E-state index in [2.05, 4.69) is 5.32 Å². The number of carbonyl (C=O) groups excluding carboxylic acids is 1. The Balaban J connectivity index is 1.62. The van der Waals surface area contributed by atoms with Gasteiger partial charge in [0.1, 0.15) is 12.4 Å². The van der Waals surface area contributed by atoms with Crippen molar-refractivity contribution >= 4 is 23.3 Å².